The molecular weight excluding hydrogens is 276 g/mol. The lowest BCUT2D eigenvalue weighted by molar-refractivity contribution is 0.311. The van der Waals surface area contributed by atoms with Crippen LogP contribution >= 0.6 is 0 Å². The normalized spacial score (nSPS) is 18.8. The van der Waals surface area contributed by atoms with Crippen LogP contribution in [-0.2, 0) is 6.54 Å². The smallest absolute Gasteiger partial charge is 0.137 e. The Morgan fingerprint density at radius 2 is 2.32 bits per heavy atom. The number of fused-ring (bicyclic) bond motifs is 1. The van der Waals surface area contributed by atoms with E-state index in [9.17, 15) is 5.26 Å². The molecule has 1 aliphatic heterocycles. The number of likely N-dealkylation sites (tertiary alicyclic amines) is 1. The zero-order chi connectivity index (χ0) is 14.9. The van der Waals surface area contributed by atoms with E-state index in [1.807, 2.05) is 33.5 Å². The maximum absolute atomic E-state index is 9.48. The van der Waals surface area contributed by atoms with Gasteiger partial charge in [-0.15, -0.1) is 0 Å². The van der Waals surface area contributed by atoms with E-state index in [4.69, 9.17) is 0 Å². The summed E-state index contributed by atoms with van der Waals surface area (Å²) in [5.74, 6) is 0. The van der Waals surface area contributed by atoms with Crippen molar-refractivity contribution in [3.05, 3.63) is 54.4 Å². The highest BCUT2D eigenvalue weighted by Crippen LogP contribution is 2.25. The topological polar surface area (TPSA) is 62.2 Å². The first-order chi connectivity index (χ1) is 10.8. The molecule has 110 valence electrons. The Bertz CT molecular complexity index is 826. The molecule has 0 spiro atoms. The van der Waals surface area contributed by atoms with Crippen LogP contribution in [0.15, 0.2) is 43.2 Å². The molecule has 1 unspecified atom stereocenters. The molecule has 0 radical (unpaired) electrons. The molecule has 1 aliphatic rings. The van der Waals surface area contributed by atoms with Gasteiger partial charge in [0.2, 0.25) is 0 Å². The van der Waals surface area contributed by atoms with E-state index in [2.05, 4.69) is 27.2 Å². The van der Waals surface area contributed by atoms with Gasteiger partial charge in [-0.2, -0.15) is 10.4 Å². The van der Waals surface area contributed by atoms with Gasteiger partial charge >= 0.3 is 0 Å². The Hall–Kier alpha value is -2.65. The van der Waals surface area contributed by atoms with Gasteiger partial charge < -0.3 is 4.40 Å². The minimum atomic E-state index is 0.380. The van der Waals surface area contributed by atoms with Crippen molar-refractivity contribution in [2.24, 2.45) is 0 Å². The average molecular weight is 292 g/mol. The van der Waals surface area contributed by atoms with Gasteiger partial charge in [0.05, 0.1) is 17.1 Å². The third-order valence-corrected chi connectivity index (χ3v) is 4.33. The van der Waals surface area contributed by atoms with Crippen LogP contribution in [0.4, 0.5) is 0 Å². The molecule has 0 N–H and O–H groups in total. The zero-order valence-electron chi connectivity index (χ0n) is 12.1. The lowest BCUT2D eigenvalue weighted by Gasteiger charge is -2.15. The van der Waals surface area contributed by atoms with E-state index in [0.29, 0.717) is 6.04 Å². The standard InChI is InChI=1S/C16H16N6/c17-7-15-13(9-21-5-2-1-3-16(15)21)8-20-6-4-14(10-20)22-12-18-11-19-22/h1-3,5,9,11-12,14H,4,6,8,10H2. The molecule has 0 aromatic carbocycles. The predicted molar refractivity (Wildman–Crippen MR) is 81.1 cm³/mol. The van der Waals surface area contributed by atoms with Gasteiger partial charge in [0.25, 0.3) is 0 Å². The first-order valence-electron chi connectivity index (χ1n) is 7.40. The quantitative estimate of drug-likeness (QED) is 0.739. The fourth-order valence-corrected chi connectivity index (χ4v) is 3.24. The van der Waals surface area contributed by atoms with Crippen LogP contribution in [0.5, 0.6) is 0 Å². The van der Waals surface area contributed by atoms with Gasteiger partial charge in [-0.05, 0) is 18.6 Å². The largest absolute Gasteiger partial charge is 0.322 e. The van der Waals surface area contributed by atoms with Crippen LogP contribution in [0, 0.1) is 11.3 Å². The number of hydrogen-bond acceptors (Lipinski definition) is 4. The molecule has 1 fully saturated rings. The predicted octanol–water partition coefficient (Wildman–Crippen LogP) is 1.85. The third kappa shape index (κ3) is 2.16. The highest BCUT2D eigenvalue weighted by Gasteiger charge is 2.25. The maximum atomic E-state index is 9.48. The molecule has 6 heteroatoms. The Balaban J connectivity index is 1.56. The van der Waals surface area contributed by atoms with E-state index in [1.165, 1.54) is 0 Å². The van der Waals surface area contributed by atoms with Crippen molar-refractivity contribution < 1.29 is 0 Å². The molecule has 1 atom stereocenters. The average Bonchev–Trinajstić information content (AvgIpc) is 3.26. The molecule has 1 saturated heterocycles. The van der Waals surface area contributed by atoms with Crippen molar-refractivity contribution in [1.82, 2.24) is 24.1 Å². The molecule has 3 aromatic rings. The van der Waals surface area contributed by atoms with E-state index >= 15 is 0 Å². The van der Waals surface area contributed by atoms with Crippen molar-refractivity contribution >= 4 is 5.52 Å². The van der Waals surface area contributed by atoms with E-state index < -0.39 is 0 Å². The Labute approximate surface area is 128 Å². The molecule has 6 nitrogen and oxygen atoms in total. The Morgan fingerprint density at radius 3 is 3.14 bits per heavy atom. The van der Waals surface area contributed by atoms with Crippen LogP contribution in [0.25, 0.3) is 5.52 Å². The first-order valence-corrected chi connectivity index (χ1v) is 7.40. The molecule has 0 aliphatic carbocycles. The monoisotopic (exact) mass is 292 g/mol. The second-order valence-corrected chi connectivity index (χ2v) is 5.69. The molecule has 4 rings (SSSR count). The fourth-order valence-electron chi connectivity index (χ4n) is 3.24. The van der Waals surface area contributed by atoms with E-state index in [1.54, 1.807) is 12.7 Å². The summed E-state index contributed by atoms with van der Waals surface area (Å²) in [6.07, 6.45) is 8.48. The molecule has 3 aromatic heterocycles. The summed E-state index contributed by atoms with van der Waals surface area (Å²) >= 11 is 0. The first kappa shape index (κ1) is 13.0. The van der Waals surface area contributed by atoms with Crippen molar-refractivity contribution in [2.75, 3.05) is 13.1 Å². The van der Waals surface area contributed by atoms with Crippen LogP contribution < -0.4 is 0 Å². The molecule has 0 bridgehead atoms. The molecule has 4 heterocycles. The van der Waals surface area contributed by atoms with E-state index in [0.717, 1.165) is 42.7 Å². The SMILES string of the molecule is N#Cc1c(CN2CCC(n3cncn3)C2)cn2ccccc12. The van der Waals surface area contributed by atoms with Gasteiger partial charge in [-0.3, -0.25) is 4.90 Å². The third-order valence-electron chi connectivity index (χ3n) is 4.33. The molecule has 22 heavy (non-hydrogen) atoms. The zero-order valence-corrected chi connectivity index (χ0v) is 12.1. The lowest BCUT2D eigenvalue weighted by atomic mass is 10.1. The summed E-state index contributed by atoms with van der Waals surface area (Å²) < 4.78 is 3.96. The molecule has 0 saturated carbocycles. The molecule has 0 amide bonds. The van der Waals surface area contributed by atoms with Gasteiger partial charge in [-0.25, -0.2) is 9.67 Å². The number of aromatic nitrogens is 4. The van der Waals surface area contributed by atoms with Crippen molar-refractivity contribution in [3.8, 4) is 6.07 Å². The second kappa shape index (κ2) is 5.28. The second-order valence-electron chi connectivity index (χ2n) is 5.69. The molecular formula is C16H16N6. The Morgan fingerprint density at radius 1 is 1.36 bits per heavy atom. The minimum Gasteiger partial charge on any atom is -0.322 e. The summed E-state index contributed by atoms with van der Waals surface area (Å²) in [5.41, 5.74) is 2.85. The number of nitrogens with zero attached hydrogens (tertiary/aromatic N) is 6. The highest BCUT2D eigenvalue weighted by atomic mass is 15.4. The summed E-state index contributed by atoms with van der Waals surface area (Å²) in [6, 6.07) is 8.68. The van der Waals surface area contributed by atoms with Crippen LogP contribution in [0.1, 0.15) is 23.6 Å². The Kier molecular flexibility index (Phi) is 3.13. The number of hydrogen-bond donors (Lipinski definition) is 0. The van der Waals surface area contributed by atoms with Crippen LogP contribution in [0.3, 0.4) is 0 Å². The van der Waals surface area contributed by atoms with Crippen molar-refractivity contribution in [3.63, 3.8) is 0 Å². The number of pyridine rings is 1. The van der Waals surface area contributed by atoms with Crippen molar-refractivity contribution in [1.29, 1.82) is 5.26 Å². The number of nitriles is 1. The minimum absolute atomic E-state index is 0.380. The number of rotatable bonds is 3. The fraction of sp³-hybridized carbons (Fsp3) is 0.312. The van der Waals surface area contributed by atoms with Crippen LogP contribution in [-0.4, -0.2) is 37.2 Å². The van der Waals surface area contributed by atoms with E-state index in [-0.39, 0.29) is 0 Å². The maximum Gasteiger partial charge on any atom is 0.137 e. The van der Waals surface area contributed by atoms with Gasteiger partial charge in [-0.1, -0.05) is 6.07 Å². The van der Waals surface area contributed by atoms with Crippen LogP contribution in [0.2, 0.25) is 0 Å². The van der Waals surface area contributed by atoms with Gasteiger partial charge in [0.1, 0.15) is 18.7 Å². The summed E-state index contributed by atoms with van der Waals surface area (Å²) in [6.45, 7) is 2.76. The summed E-state index contributed by atoms with van der Waals surface area (Å²) in [7, 11) is 0. The van der Waals surface area contributed by atoms with Gasteiger partial charge in [0.15, 0.2) is 0 Å². The summed E-state index contributed by atoms with van der Waals surface area (Å²) in [4.78, 5) is 6.40. The van der Waals surface area contributed by atoms with Crippen molar-refractivity contribution in [2.45, 2.75) is 19.0 Å². The van der Waals surface area contributed by atoms with Gasteiger partial charge in [0, 0.05) is 37.6 Å². The summed E-state index contributed by atoms with van der Waals surface area (Å²) in [5, 5.41) is 13.7. The lowest BCUT2D eigenvalue weighted by Crippen LogP contribution is -2.21. The highest BCUT2D eigenvalue weighted by molar-refractivity contribution is 5.65.